The summed E-state index contributed by atoms with van der Waals surface area (Å²) in [5.74, 6) is -0.568. The predicted octanol–water partition coefficient (Wildman–Crippen LogP) is 2.21. The van der Waals surface area contributed by atoms with E-state index < -0.39 is 17.8 Å². The van der Waals surface area contributed by atoms with Crippen LogP contribution in [0.15, 0.2) is 16.9 Å². The van der Waals surface area contributed by atoms with Crippen LogP contribution < -0.4 is 0 Å². The zero-order valence-corrected chi connectivity index (χ0v) is 13.6. The molecule has 0 saturated carbocycles. The number of aromatic nitrogens is 4. The summed E-state index contributed by atoms with van der Waals surface area (Å²) in [6.07, 6.45) is -1.32. The van der Waals surface area contributed by atoms with Crippen molar-refractivity contribution in [3.05, 3.63) is 33.8 Å². The van der Waals surface area contributed by atoms with Gasteiger partial charge in [-0.15, -0.1) is 0 Å². The highest BCUT2D eigenvalue weighted by atomic mass is 79.9. The molecule has 2 heterocycles. The standard InChI is InChI=1S/C12H13BrF3N5O/c1-19(5-7-4-17-20(2)6-7)11(22)9-8(13)10(12(14,15)16)18-21(9)3/h4,6H,5H2,1-3H3. The van der Waals surface area contributed by atoms with Crippen LogP contribution in [-0.2, 0) is 26.8 Å². The number of nitrogens with zero attached hydrogens (tertiary/aromatic N) is 5. The van der Waals surface area contributed by atoms with Gasteiger partial charge in [0.05, 0.1) is 10.7 Å². The van der Waals surface area contributed by atoms with E-state index in [-0.39, 0.29) is 16.7 Å². The highest BCUT2D eigenvalue weighted by Crippen LogP contribution is 2.35. The van der Waals surface area contributed by atoms with Gasteiger partial charge >= 0.3 is 6.18 Å². The van der Waals surface area contributed by atoms with Gasteiger partial charge in [0.2, 0.25) is 0 Å². The minimum absolute atomic E-state index is 0.154. The van der Waals surface area contributed by atoms with Crippen LogP contribution in [0.1, 0.15) is 21.7 Å². The Morgan fingerprint density at radius 3 is 2.50 bits per heavy atom. The topological polar surface area (TPSA) is 56.0 Å². The van der Waals surface area contributed by atoms with Crippen molar-refractivity contribution in [1.29, 1.82) is 0 Å². The summed E-state index contributed by atoms with van der Waals surface area (Å²) in [6, 6.07) is 0. The van der Waals surface area contributed by atoms with E-state index >= 15 is 0 Å². The monoisotopic (exact) mass is 379 g/mol. The van der Waals surface area contributed by atoms with Gasteiger partial charge in [-0.3, -0.25) is 14.2 Å². The number of carbonyl (C=O) groups excluding carboxylic acids is 1. The molecule has 2 aromatic heterocycles. The SMILES string of the molecule is CN(Cc1cnn(C)c1)C(=O)c1c(Br)c(C(F)(F)F)nn1C. The smallest absolute Gasteiger partial charge is 0.336 e. The van der Waals surface area contributed by atoms with E-state index in [9.17, 15) is 18.0 Å². The minimum atomic E-state index is -4.63. The second-order valence-electron chi connectivity index (χ2n) is 4.82. The fraction of sp³-hybridized carbons (Fsp3) is 0.417. The van der Waals surface area contributed by atoms with Crippen LogP contribution in [0.4, 0.5) is 13.2 Å². The van der Waals surface area contributed by atoms with E-state index in [0.717, 1.165) is 10.2 Å². The van der Waals surface area contributed by atoms with Gasteiger partial charge < -0.3 is 4.90 Å². The lowest BCUT2D eigenvalue weighted by Crippen LogP contribution is -2.28. The Kier molecular flexibility index (Phi) is 4.32. The van der Waals surface area contributed by atoms with Crippen LogP contribution in [0.2, 0.25) is 0 Å². The normalized spacial score (nSPS) is 11.8. The molecule has 0 unspecified atom stereocenters. The second-order valence-corrected chi connectivity index (χ2v) is 5.61. The quantitative estimate of drug-likeness (QED) is 0.821. The molecule has 22 heavy (non-hydrogen) atoms. The summed E-state index contributed by atoms with van der Waals surface area (Å²) in [5.41, 5.74) is -0.500. The Balaban J connectivity index is 2.27. The van der Waals surface area contributed by atoms with Crippen LogP contribution in [0, 0.1) is 0 Å². The molecule has 0 atom stereocenters. The van der Waals surface area contributed by atoms with Crippen LogP contribution in [0.5, 0.6) is 0 Å². The van der Waals surface area contributed by atoms with Gasteiger partial charge in [0, 0.05) is 39.4 Å². The van der Waals surface area contributed by atoms with E-state index in [2.05, 4.69) is 26.1 Å². The van der Waals surface area contributed by atoms with E-state index in [1.165, 1.54) is 19.0 Å². The Bertz CT molecular complexity index is 706. The molecular formula is C12H13BrF3N5O. The predicted molar refractivity (Wildman–Crippen MR) is 74.9 cm³/mol. The maximum absolute atomic E-state index is 12.8. The fourth-order valence-corrected chi connectivity index (χ4v) is 2.72. The van der Waals surface area contributed by atoms with E-state index in [4.69, 9.17) is 0 Å². The molecule has 1 amide bonds. The molecule has 0 N–H and O–H groups in total. The molecule has 10 heteroatoms. The first-order chi connectivity index (χ1) is 10.1. The molecule has 0 bridgehead atoms. The van der Waals surface area contributed by atoms with Crippen LogP contribution in [0.3, 0.4) is 0 Å². The van der Waals surface area contributed by atoms with E-state index in [1.807, 2.05) is 0 Å². The van der Waals surface area contributed by atoms with Crippen molar-refractivity contribution in [2.24, 2.45) is 14.1 Å². The third-order valence-electron chi connectivity index (χ3n) is 2.99. The first-order valence-electron chi connectivity index (χ1n) is 6.14. The van der Waals surface area contributed by atoms with Crippen molar-refractivity contribution in [2.45, 2.75) is 12.7 Å². The largest absolute Gasteiger partial charge is 0.436 e. The lowest BCUT2D eigenvalue weighted by molar-refractivity contribution is -0.142. The van der Waals surface area contributed by atoms with Gasteiger partial charge in [0.25, 0.3) is 5.91 Å². The molecular weight excluding hydrogens is 367 g/mol. The lowest BCUT2D eigenvalue weighted by atomic mass is 10.3. The van der Waals surface area contributed by atoms with Crippen molar-refractivity contribution in [2.75, 3.05) is 7.05 Å². The molecule has 0 aromatic carbocycles. The zero-order valence-electron chi connectivity index (χ0n) is 12.0. The Hall–Kier alpha value is -1.84. The third-order valence-corrected chi connectivity index (χ3v) is 3.74. The zero-order chi connectivity index (χ0) is 16.7. The number of hydrogen-bond donors (Lipinski definition) is 0. The third kappa shape index (κ3) is 3.16. The summed E-state index contributed by atoms with van der Waals surface area (Å²) in [6.45, 7) is 0.228. The minimum Gasteiger partial charge on any atom is -0.336 e. The van der Waals surface area contributed by atoms with Gasteiger partial charge in [0.15, 0.2) is 5.69 Å². The van der Waals surface area contributed by atoms with Gasteiger partial charge in [-0.25, -0.2) is 0 Å². The molecule has 120 valence electrons. The second kappa shape index (κ2) is 5.75. The Morgan fingerprint density at radius 2 is 2.05 bits per heavy atom. The summed E-state index contributed by atoms with van der Waals surface area (Å²) in [4.78, 5) is 13.7. The number of carbonyl (C=O) groups is 1. The number of aryl methyl sites for hydroxylation is 2. The maximum atomic E-state index is 12.8. The van der Waals surface area contributed by atoms with Gasteiger partial charge in [-0.05, 0) is 15.9 Å². The van der Waals surface area contributed by atoms with Crippen LogP contribution in [0.25, 0.3) is 0 Å². The number of rotatable bonds is 3. The van der Waals surface area contributed by atoms with E-state index in [0.29, 0.717) is 0 Å². The van der Waals surface area contributed by atoms with Crippen molar-refractivity contribution in [1.82, 2.24) is 24.5 Å². The molecule has 0 aliphatic heterocycles. The Labute approximate surface area is 132 Å². The molecule has 0 fully saturated rings. The number of amides is 1. The lowest BCUT2D eigenvalue weighted by Gasteiger charge is -2.16. The fourth-order valence-electron chi connectivity index (χ4n) is 1.99. The molecule has 0 radical (unpaired) electrons. The average Bonchev–Trinajstić information content (AvgIpc) is 2.92. The number of halogens is 4. The summed E-state index contributed by atoms with van der Waals surface area (Å²) in [7, 11) is 4.53. The van der Waals surface area contributed by atoms with Gasteiger partial charge in [-0.1, -0.05) is 0 Å². The van der Waals surface area contributed by atoms with Gasteiger partial charge in [0.1, 0.15) is 5.69 Å². The van der Waals surface area contributed by atoms with Crippen molar-refractivity contribution in [3.63, 3.8) is 0 Å². The maximum Gasteiger partial charge on any atom is 0.436 e. The van der Waals surface area contributed by atoms with Crippen molar-refractivity contribution in [3.8, 4) is 0 Å². The van der Waals surface area contributed by atoms with Crippen molar-refractivity contribution < 1.29 is 18.0 Å². The highest BCUT2D eigenvalue weighted by Gasteiger charge is 2.39. The molecule has 0 aliphatic carbocycles. The molecule has 2 aromatic rings. The van der Waals surface area contributed by atoms with E-state index in [1.54, 1.807) is 24.1 Å². The molecule has 2 rings (SSSR count). The van der Waals surface area contributed by atoms with Crippen LogP contribution >= 0.6 is 15.9 Å². The van der Waals surface area contributed by atoms with Crippen molar-refractivity contribution >= 4 is 21.8 Å². The summed E-state index contributed by atoms with van der Waals surface area (Å²) in [5, 5.41) is 7.35. The molecule has 0 spiro atoms. The van der Waals surface area contributed by atoms with Crippen LogP contribution in [-0.4, -0.2) is 37.4 Å². The average molecular weight is 380 g/mol. The number of hydrogen-bond acceptors (Lipinski definition) is 3. The molecule has 6 nitrogen and oxygen atoms in total. The first kappa shape index (κ1) is 16.5. The summed E-state index contributed by atoms with van der Waals surface area (Å²) >= 11 is 2.83. The number of alkyl halides is 3. The highest BCUT2D eigenvalue weighted by molar-refractivity contribution is 9.10. The first-order valence-corrected chi connectivity index (χ1v) is 6.93. The molecule has 0 saturated heterocycles. The molecule has 0 aliphatic rings. The summed E-state index contributed by atoms with van der Waals surface area (Å²) < 4.78 is 40.6. The Morgan fingerprint density at radius 1 is 1.41 bits per heavy atom. The van der Waals surface area contributed by atoms with Gasteiger partial charge in [-0.2, -0.15) is 23.4 Å².